The second-order valence-electron chi connectivity index (χ2n) is 1.61. The molecule has 1 rings (SSSR count). The van der Waals surface area contributed by atoms with Gasteiger partial charge in [-0.05, 0) is 13.8 Å². The topological polar surface area (TPSA) is 12.4 Å². The van der Waals surface area contributed by atoms with Crippen LogP contribution in [-0.2, 0) is 0 Å². The molecule has 1 atom stereocenters. The largest absolute Gasteiger partial charge is 0.279 e. The van der Waals surface area contributed by atoms with E-state index in [-0.39, 0.29) is 0 Å². The van der Waals surface area contributed by atoms with Gasteiger partial charge in [-0.15, -0.1) is 11.8 Å². The van der Waals surface area contributed by atoms with Gasteiger partial charge in [0.1, 0.15) is 0 Å². The number of thioether (sulfide) groups is 1. The van der Waals surface area contributed by atoms with E-state index >= 15 is 0 Å². The quantitative estimate of drug-likeness (QED) is 0.463. The summed E-state index contributed by atoms with van der Waals surface area (Å²) in [5, 5.41) is 1.18. The number of nitrogens with zero attached hydrogens (tertiary/aromatic N) is 1. The molecule has 1 radical (unpaired) electrons. The Labute approximate surface area is 48.2 Å². The fraction of sp³-hybridized carbons (Fsp3) is 0.600. The minimum Gasteiger partial charge on any atom is -0.279 e. The van der Waals surface area contributed by atoms with Crippen molar-refractivity contribution in [1.29, 1.82) is 0 Å². The Hall–Kier alpha value is 0.0200. The summed E-state index contributed by atoms with van der Waals surface area (Å²) in [6.45, 7) is 5.80. The first kappa shape index (κ1) is 5.16. The van der Waals surface area contributed by atoms with Crippen LogP contribution < -0.4 is 0 Å². The summed E-state index contributed by atoms with van der Waals surface area (Å²) in [7, 11) is 0. The van der Waals surface area contributed by atoms with Gasteiger partial charge in [-0.25, -0.2) is 0 Å². The lowest BCUT2D eigenvalue weighted by Crippen LogP contribution is -1.93. The van der Waals surface area contributed by atoms with E-state index in [1.165, 1.54) is 5.04 Å². The molecule has 1 unspecified atom stereocenters. The molecule has 0 aromatic heterocycles. The van der Waals surface area contributed by atoms with Gasteiger partial charge >= 0.3 is 0 Å². The number of hydrogen-bond acceptors (Lipinski definition) is 2. The highest BCUT2D eigenvalue weighted by atomic mass is 32.2. The molecule has 0 saturated heterocycles. The lowest BCUT2D eigenvalue weighted by Gasteiger charge is -1.87. The van der Waals surface area contributed by atoms with Crippen molar-refractivity contribution >= 4 is 16.8 Å². The van der Waals surface area contributed by atoms with Crippen molar-refractivity contribution in [3.05, 3.63) is 6.92 Å². The van der Waals surface area contributed by atoms with Crippen LogP contribution in [0.15, 0.2) is 4.99 Å². The van der Waals surface area contributed by atoms with Crippen LogP contribution in [-0.4, -0.2) is 16.8 Å². The van der Waals surface area contributed by atoms with Gasteiger partial charge in [0.05, 0.1) is 11.1 Å². The Morgan fingerprint density at radius 3 is 2.86 bits per heavy atom. The van der Waals surface area contributed by atoms with Gasteiger partial charge in [0.2, 0.25) is 0 Å². The first-order valence-corrected chi connectivity index (χ1v) is 3.28. The molecule has 1 aliphatic heterocycles. The van der Waals surface area contributed by atoms with Crippen LogP contribution in [0.25, 0.3) is 0 Å². The number of aliphatic imine (C=N–C) groups is 1. The maximum atomic E-state index is 4.16. The zero-order valence-electron chi connectivity index (χ0n) is 4.35. The lowest BCUT2D eigenvalue weighted by molar-refractivity contribution is 0.956. The average Bonchev–Trinajstić information content (AvgIpc) is 1.87. The van der Waals surface area contributed by atoms with E-state index in [9.17, 15) is 0 Å². The third kappa shape index (κ3) is 1.20. The Bertz CT molecular complexity index is 98.3. The van der Waals surface area contributed by atoms with Crippen LogP contribution in [0.1, 0.15) is 6.92 Å². The molecule has 0 aromatic carbocycles. The van der Waals surface area contributed by atoms with Crippen LogP contribution in [0, 0.1) is 6.92 Å². The summed E-state index contributed by atoms with van der Waals surface area (Å²) in [5.41, 5.74) is 0. The van der Waals surface area contributed by atoms with Crippen molar-refractivity contribution in [2.45, 2.75) is 13.0 Å². The lowest BCUT2D eigenvalue weighted by atomic mass is 10.4. The Kier molecular flexibility index (Phi) is 1.38. The molecule has 7 heavy (non-hydrogen) atoms. The molecule has 0 N–H and O–H groups in total. The standard InChI is InChI=1S/C5H8NS/c1-4-3-7-5(2)6-4/h4H,1,3H2,2H3. The Morgan fingerprint density at radius 1 is 2.00 bits per heavy atom. The highest BCUT2D eigenvalue weighted by Crippen LogP contribution is 2.15. The van der Waals surface area contributed by atoms with Gasteiger partial charge in [0.25, 0.3) is 0 Å². The van der Waals surface area contributed by atoms with E-state index in [0.717, 1.165) is 5.75 Å². The molecule has 0 aliphatic carbocycles. The summed E-state index contributed by atoms with van der Waals surface area (Å²) in [5.74, 6) is 1.08. The molecule has 0 amide bonds. The molecular weight excluding hydrogens is 106 g/mol. The van der Waals surface area contributed by atoms with Gasteiger partial charge in [0.15, 0.2) is 0 Å². The fourth-order valence-electron chi connectivity index (χ4n) is 0.548. The predicted molar refractivity (Wildman–Crippen MR) is 34.7 cm³/mol. The normalized spacial score (nSPS) is 30.6. The third-order valence-corrected chi connectivity index (χ3v) is 1.92. The first-order valence-electron chi connectivity index (χ1n) is 2.29. The Balaban J connectivity index is 2.50. The molecule has 0 saturated carbocycles. The molecule has 0 aromatic rings. The first-order chi connectivity index (χ1) is 3.29. The summed E-state index contributed by atoms with van der Waals surface area (Å²) in [4.78, 5) is 4.16. The minimum absolute atomic E-state index is 0.324. The van der Waals surface area contributed by atoms with Gasteiger partial charge in [-0.2, -0.15) is 0 Å². The molecular formula is C5H8NS. The van der Waals surface area contributed by atoms with E-state index in [4.69, 9.17) is 0 Å². The molecule has 0 bridgehead atoms. The summed E-state index contributed by atoms with van der Waals surface area (Å²) >= 11 is 1.79. The van der Waals surface area contributed by atoms with Crippen LogP contribution in [0.3, 0.4) is 0 Å². The monoisotopic (exact) mass is 114 g/mol. The van der Waals surface area contributed by atoms with E-state index in [0.29, 0.717) is 6.04 Å². The summed E-state index contributed by atoms with van der Waals surface area (Å²) in [6.07, 6.45) is 0. The average molecular weight is 114 g/mol. The number of rotatable bonds is 0. The van der Waals surface area contributed by atoms with E-state index in [2.05, 4.69) is 11.9 Å². The van der Waals surface area contributed by atoms with Crippen LogP contribution in [0.4, 0.5) is 0 Å². The highest BCUT2D eigenvalue weighted by molar-refractivity contribution is 8.14. The predicted octanol–water partition coefficient (Wildman–Crippen LogP) is 1.35. The summed E-state index contributed by atoms with van der Waals surface area (Å²) in [6, 6.07) is 0.324. The van der Waals surface area contributed by atoms with Crippen molar-refractivity contribution in [3.63, 3.8) is 0 Å². The second-order valence-corrected chi connectivity index (χ2v) is 2.83. The molecule has 2 heteroatoms. The molecule has 39 valence electrons. The van der Waals surface area contributed by atoms with Crippen molar-refractivity contribution in [2.24, 2.45) is 4.99 Å². The third-order valence-electron chi connectivity index (χ3n) is 0.849. The smallest absolute Gasteiger partial charge is 0.0649 e. The fourth-order valence-corrected chi connectivity index (χ4v) is 1.28. The Morgan fingerprint density at radius 2 is 2.71 bits per heavy atom. The van der Waals surface area contributed by atoms with Gasteiger partial charge in [-0.3, -0.25) is 4.99 Å². The van der Waals surface area contributed by atoms with Crippen LogP contribution in [0.5, 0.6) is 0 Å². The minimum atomic E-state index is 0.324. The maximum absolute atomic E-state index is 4.16. The molecule has 1 nitrogen and oxygen atoms in total. The van der Waals surface area contributed by atoms with Crippen LogP contribution >= 0.6 is 11.8 Å². The van der Waals surface area contributed by atoms with Gasteiger partial charge < -0.3 is 0 Å². The maximum Gasteiger partial charge on any atom is 0.0649 e. The zero-order valence-corrected chi connectivity index (χ0v) is 5.16. The van der Waals surface area contributed by atoms with E-state index < -0.39 is 0 Å². The SMILES string of the molecule is [CH2]C1CSC(C)=N1. The number of hydrogen-bond donors (Lipinski definition) is 0. The molecule has 0 spiro atoms. The zero-order chi connectivity index (χ0) is 5.28. The van der Waals surface area contributed by atoms with E-state index in [1.54, 1.807) is 11.8 Å². The van der Waals surface area contributed by atoms with Crippen molar-refractivity contribution in [1.82, 2.24) is 0 Å². The van der Waals surface area contributed by atoms with Crippen molar-refractivity contribution in [2.75, 3.05) is 5.75 Å². The second kappa shape index (κ2) is 1.86. The molecule has 1 aliphatic rings. The van der Waals surface area contributed by atoms with Crippen LogP contribution in [0.2, 0.25) is 0 Å². The van der Waals surface area contributed by atoms with Gasteiger partial charge in [0, 0.05) is 5.75 Å². The van der Waals surface area contributed by atoms with Crippen molar-refractivity contribution < 1.29 is 0 Å². The van der Waals surface area contributed by atoms with E-state index in [1.807, 2.05) is 6.92 Å². The van der Waals surface area contributed by atoms with Crippen molar-refractivity contribution in [3.8, 4) is 0 Å². The molecule has 0 fully saturated rings. The van der Waals surface area contributed by atoms with Gasteiger partial charge in [-0.1, -0.05) is 0 Å². The highest BCUT2D eigenvalue weighted by Gasteiger charge is 2.07. The molecule has 1 heterocycles. The summed E-state index contributed by atoms with van der Waals surface area (Å²) < 4.78 is 0.